The molecule has 0 bridgehead atoms. The van der Waals surface area contributed by atoms with E-state index in [-0.39, 0.29) is 11.9 Å². The molecule has 2 N–H and O–H groups in total. The van der Waals surface area contributed by atoms with Crippen molar-refractivity contribution >= 4 is 5.91 Å². The van der Waals surface area contributed by atoms with Crippen LogP contribution in [0.15, 0.2) is 6.33 Å². The predicted molar refractivity (Wildman–Crippen MR) is 71.6 cm³/mol. The van der Waals surface area contributed by atoms with Crippen LogP contribution in [0, 0.1) is 0 Å². The summed E-state index contributed by atoms with van der Waals surface area (Å²) in [4.78, 5) is 15.6. The number of rotatable bonds is 9. The van der Waals surface area contributed by atoms with Gasteiger partial charge in [-0.05, 0) is 13.8 Å². The zero-order chi connectivity index (χ0) is 14.1. The van der Waals surface area contributed by atoms with Crippen molar-refractivity contribution in [1.82, 2.24) is 25.4 Å². The first kappa shape index (κ1) is 15.6. The van der Waals surface area contributed by atoms with Crippen LogP contribution in [0.5, 0.6) is 0 Å². The summed E-state index contributed by atoms with van der Waals surface area (Å²) in [5, 5.41) is 10.1. The molecule has 108 valence electrons. The molecule has 0 spiro atoms. The van der Waals surface area contributed by atoms with Gasteiger partial charge in [-0.2, -0.15) is 5.10 Å². The van der Waals surface area contributed by atoms with Gasteiger partial charge in [-0.15, -0.1) is 0 Å². The fourth-order valence-electron chi connectivity index (χ4n) is 1.61. The standard InChI is InChI=1S/C12H23N5O2/c1-10(2)17-11(15-9-16-17)8-13-5-4-12(18)14-6-7-19-3/h9-10,13H,4-8H2,1-3H3,(H,14,18). The number of amides is 1. The second-order valence-corrected chi connectivity index (χ2v) is 4.48. The summed E-state index contributed by atoms with van der Waals surface area (Å²) < 4.78 is 6.72. The van der Waals surface area contributed by atoms with E-state index < -0.39 is 0 Å². The fraction of sp³-hybridized carbons (Fsp3) is 0.750. The van der Waals surface area contributed by atoms with Crippen LogP contribution in [0.4, 0.5) is 0 Å². The van der Waals surface area contributed by atoms with Gasteiger partial charge >= 0.3 is 0 Å². The molecule has 7 heteroatoms. The third kappa shape index (κ3) is 5.80. The molecule has 0 aliphatic carbocycles. The monoisotopic (exact) mass is 269 g/mol. The number of aromatic nitrogens is 3. The SMILES string of the molecule is COCCNC(=O)CCNCc1ncnn1C(C)C. The summed E-state index contributed by atoms with van der Waals surface area (Å²) in [6.07, 6.45) is 1.99. The molecule has 0 saturated heterocycles. The molecule has 0 unspecified atom stereocenters. The third-order valence-electron chi connectivity index (χ3n) is 2.58. The lowest BCUT2D eigenvalue weighted by Crippen LogP contribution is -2.30. The van der Waals surface area contributed by atoms with E-state index in [1.54, 1.807) is 13.4 Å². The van der Waals surface area contributed by atoms with Gasteiger partial charge < -0.3 is 15.4 Å². The van der Waals surface area contributed by atoms with Crippen LogP contribution in [0.25, 0.3) is 0 Å². The van der Waals surface area contributed by atoms with Gasteiger partial charge in [0.2, 0.25) is 5.91 Å². The lowest BCUT2D eigenvalue weighted by atomic mass is 10.3. The predicted octanol–water partition coefficient (Wildman–Crippen LogP) is 0.101. The molecule has 19 heavy (non-hydrogen) atoms. The zero-order valence-corrected chi connectivity index (χ0v) is 11.8. The molecule has 1 aromatic rings. The van der Waals surface area contributed by atoms with Gasteiger partial charge in [-0.3, -0.25) is 4.79 Å². The molecular weight excluding hydrogens is 246 g/mol. The molecule has 0 atom stereocenters. The van der Waals surface area contributed by atoms with E-state index in [1.807, 2.05) is 4.68 Å². The van der Waals surface area contributed by atoms with Gasteiger partial charge in [0.05, 0.1) is 13.2 Å². The second kappa shape index (κ2) is 8.60. The van der Waals surface area contributed by atoms with Crippen molar-refractivity contribution in [3.8, 4) is 0 Å². The Morgan fingerprint density at radius 3 is 2.95 bits per heavy atom. The topological polar surface area (TPSA) is 81.1 Å². The molecule has 0 radical (unpaired) electrons. The summed E-state index contributed by atoms with van der Waals surface area (Å²) in [6, 6.07) is 0.289. The van der Waals surface area contributed by atoms with E-state index in [2.05, 4.69) is 34.6 Å². The Labute approximate surface area is 113 Å². The molecule has 1 rings (SSSR count). The van der Waals surface area contributed by atoms with Crippen molar-refractivity contribution in [2.45, 2.75) is 32.9 Å². The van der Waals surface area contributed by atoms with Crippen LogP contribution in [0.3, 0.4) is 0 Å². The lowest BCUT2D eigenvalue weighted by Gasteiger charge is -2.10. The molecule has 0 saturated carbocycles. The van der Waals surface area contributed by atoms with Gasteiger partial charge in [0.15, 0.2) is 0 Å². The van der Waals surface area contributed by atoms with Crippen molar-refractivity contribution in [3.63, 3.8) is 0 Å². The van der Waals surface area contributed by atoms with Gasteiger partial charge in [-0.25, -0.2) is 9.67 Å². The highest BCUT2D eigenvalue weighted by Crippen LogP contribution is 2.04. The summed E-state index contributed by atoms with van der Waals surface area (Å²) in [6.45, 7) is 6.43. The average molecular weight is 269 g/mol. The fourth-order valence-corrected chi connectivity index (χ4v) is 1.61. The molecule has 0 aliphatic heterocycles. The van der Waals surface area contributed by atoms with Gasteiger partial charge in [0.1, 0.15) is 12.2 Å². The van der Waals surface area contributed by atoms with Crippen LogP contribution in [0.1, 0.15) is 32.1 Å². The molecule has 1 amide bonds. The van der Waals surface area contributed by atoms with Crippen LogP contribution >= 0.6 is 0 Å². The van der Waals surface area contributed by atoms with Crippen molar-refractivity contribution in [3.05, 3.63) is 12.2 Å². The Hall–Kier alpha value is -1.47. The molecular formula is C12H23N5O2. The summed E-state index contributed by atoms with van der Waals surface area (Å²) in [5.41, 5.74) is 0. The highest BCUT2D eigenvalue weighted by atomic mass is 16.5. The van der Waals surface area contributed by atoms with Crippen molar-refractivity contribution < 1.29 is 9.53 Å². The Kier molecular flexibility index (Phi) is 7.06. The van der Waals surface area contributed by atoms with E-state index >= 15 is 0 Å². The van der Waals surface area contributed by atoms with E-state index in [1.165, 1.54) is 0 Å². The van der Waals surface area contributed by atoms with E-state index in [0.717, 1.165) is 5.82 Å². The highest BCUT2D eigenvalue weighted by Gasteiger charge is 2.07. The Balaban J connectivity index is 2.16. The molecule has 1 aromatic heterocycles. The largest absolute Gasteiger partial charge is 0.383 e. The quantitative estimate of drug-likeness (QED) is 0.622. The van der Waals surface area contributed by atoms with Crippen LogP contribution < -0.4 is 10.6 Å². The lowest BCUT2D eigenvalue weighted by molar-refractivity contribution is -0.121. The molecule has 0 aliphatic rings. The zero-order valence-electron chi connectivity index (χ0n) is 11.8. The minimum atomic E-state index is 0.0230. The molecule has 0 aromatic carbocycles. The number of nitrogens with one attached hydrogen (secondary N) is 2. The maximum atomic E-state index is 11.4. The molecule has 1 heterocycles. The number of ether oxygens (including phenoxy) is 1. The summed E-state index contributed by atoms with van der Waals surface area (Å²) >= 11 is 0. The smallest absolute Gasteiger partial charge is 0.221 e. The van der Waals surface area contributed by atoms with Crippen molar-refractivity contribution in [1.29, 1.82) is 0 Å². The molecule has 7 nitrogen and oxygen atoms in total. The van der Waals surface area contributed by atoms with Gasteiger partial charge in [-0.1, -0.05) is 0 Å². The van der Waals surface area contributed by atoms with E-state index in [9.17, 15) is 4.79 Å². The number of methoxy groups -OCH3 is 1. The third-order valence-corrected chi connectivity index (χ3v) is 2.58. The Bertz CT molecular complexity index is 378. The van der Waals surface area contributed by atoms with Gasteiger partial charge in [0.25, 0.3) is 0 Å². The normalized spacial score (nSPS) is 10.9. The van der Waals surface area contributed by atoms with Crippen LogP contribution in [0.2, 0.25) is 0 Å². The number of hydrogen-bond donors (Lipinski definition) is 2. The van der Waals surface area contributed by atoms with Crippen molar-refractivity contribution in [2.24, 2.45) is 0 Å². The van der Waals surface area contributed by atoms with Gasteiger partial charge in [0, 0.05) is 32.7 Å². The number of carbonyl (C=O) groups excluding carboxylic acids is 1. The first-order valence-corrected chi connectivity index (χ1v) is 6.50. The highest BCUT2D eigenvalue weighted by molar-refractivity contribution is 5.75. The van der Waals surface area contributed by atoms with E-state index in [0.29, 0.717) is 32.7 Å². The first-order chi connectivity index (χ1) is 9.15. The number of carbonyl (C=O) groups is 1. The maximum absolute atomic E-state index is 11.4. The minimum Gasteiger partial charge on any atom is -0.383 e. The Morgan fingerprint density at radius 2 is 2.26 bits per heavy atom. The van der Waals surface area contributed by atoms with Crippen LogP contribution in [-0.4, -0.2) is 47.5 Å². The summed E-state index contributed by atoms with van der Waals surface area (Å²) in [5.74, 6) is 0.907. The Morgan fingerprint density at radius 1 is 1.47 bits per heavy atom. The first-order valence-electron chi connectivity index (χ1n) is 6.50. The van der Waals surface area contributed by atoms with Crippen molar-refractivity contribution in [2.75, 3.05) is 26.8 Å². The second-order valence-electron chi connectivity index (χ2n) is 4.48. The summed E-state index contributed by atoms with van der Waals surface area (Å²) in [7, 11) is 1.61. The maximum Gasteiger partial charge on any atom is 0.221 e. The number of hydrogen-bond acceptors (Lipinski definition) is 5. The number of nitrogens with zero attached hydrogens (tertiary/aromatic N) is 3. The minimum absolute atomic E-state index is 0.0230. The molecule has 0 fully saturated rings. The van der Waals surface area contributed by atoms with Crippen LogP contribution in [-0.2, 0) is 16.1 Å². The average Bonchev–Trinajstić information content (AvgIpc) is 2.83. The van der Waals surface area contributed by atoms with E-state index in [4.69, 9.17) is 4.74 Å².